The van der Waals surface area contributed by atoms with E-state index in [9.17, 15) is 30.8 Å². The van der Waals surface area contributed by atoms with E-state index in [1.807, 2.05) is 0 Å². The molecule has 0 saturated carbocycles. The van der Waals surface area contributed by atoms with Gasteiger partial charge in [0.15, 0.2) is 0 Å². The van der Waals surface area contributed by atoms with E-state index in [-0.39, 0.29) is 23.5 Å². The Morgan fingerprint density at radius 1 is 0.923 bits per heavy atom. The summed E-state index contributed by atoms with van der Waals surface area (Å²) in [6, 6.07) is 7.82. The summed E-state index contributed by atoms with van der Waals surface area (Å²) in [4.78, 5) is 11.7. The number of alkyl halides is 3. The van der Waals surface area contributed by atoms with Crippen molar-refractivity contribution in [2.75, 3.05) is 13.1 Å². The van der Waals surface area contributed by atoms with Crippen molar-refractivity contribution in [3.63, 3.8) is 0 Å². The van der Waals surface area contributed by atoms with Crippen LogP contribution in [0.3, 0.4) is 0 Å². The number of hydrogen-bond donors (Lipinski definition) is 2. The maximum atomic E-state index is 12.8. The van der Waals surface area contributed by atoms with Crippen molar-refractivity contribution in [3.8, 4) is 0 Å². The maximum Gasteiger partial charge on any atom is 0.416 e. The van der Waals surface area contributed by atoms with Crippen LogP contribution in [0.2, 0.25) is 0 Å². The van der Waals surface area contributed by atoms with Crippen molar-refractivity contribution in [3.05, 3.63) is 65.5 Å². The number of carbonyl (C=O) groups excluding carboxylic acids is 1. The molecule has 0 heterocycles. The van der Waals surface area contributed by atoms with Crippen LogP contribution < -0.4 is 10.0 Å². The first kappa shape index (κ1) is 19.9. The smallest absolute Gasteiger partial charge is 0.351 e. The predicted octanol–water partition coefficient (Wildman–Crippen LogP) is 2.55. The summed E-state index contributed by atoms with van der Waals surface area (Å²) in [7, 11) is -3.85. The van der Waals surface area contributed by atoms with Gasteiger partial charge in [0.25, 0.3) is 5.91 Å². The zero-order valence-corrected chi connectivity index (χ0v) is 14.0. The molecule has 1 amide bonds. The third-order valence-corrected chi connectivity index (χ3v) is 4.78. The third-order valence-electron chi connectivity index (χ3n) is 3.30. The van der Waals surface area contributed by atoms with Crippen LogP contribution in [0.1, 0.15) is 15.9 Å². The van der Waals surface area contributed by atoms with Gasteiger partial charge >= 0.3 is 6.18 Å². The van der Waals surface area contributed by atoms with Gasteiger partial charge in [0, 0.05) is 18.7 Å². The third kappa shape index (κ3) is 5.27. The molecule has 5 nitrogen and oxygen atoms in total. The van der Waals surface area contributed by atoms with Gasteiger partial charge < -0.3 is 5.32 Å². The molecule has 0 radical (unpaired) electrons. The molecule has 2 aromatic carbocycles. The minimum Gasteiger partial charge on any atom is -0.351 e. The molecule has 0 aliphatic heterocycles. The molecule has 2 N–H and O–H groups in total. The largest absolute Gasteiger partial charge is 0.416 e. The highest BCUT2D eigenvalue weighted by atomic mass is 32.2. The topological polar surface area (TPSA) is 75.3 Å². The number of rotatable bonds is 6. The fraction of sp³-hybridized carbons (Fsp3) is 0.188. The zero-order chi connectivity index (χ0) is 19.4. The number of sulfonamides is 1. The molecule has 140 valence electrons. The highest BCUT2D eigenvalue weighted by Crippen LogP contribution is 2.29. The minimum atomic E-state index is -4.49. The first-order valence-electron chi connectivity index (χ1n) is 7.30. The van der Waals surface area contributed by atoms with E-state index in [4.69, 9.17) is 0 Å². The average Bonchev–Trinajstić information content (AvgIpc) is 2.58. The Kier molecular flexibility index (Phi) is 5.98. The van der Waals surface area contributed by atoms with Crippen LogP contribution in [0, 0.1) is 5.82 Å². The molecule has 0 atom stereocenters. The number of halogens is 4. The molecule has 0 saturated heterocycles. The molecule has 2 aromatic rings. The highest BCUT2D eigenvalue weighted by molar-refractivity contribution is 7.89. The van der Waals surface area contributed by atoms with Gasteiger partial charge in [-0.15, -0.1) is 0 Å². The minimum absolute atomic E-state index is 0.0133. The normalized spacial score (nSPS) is 12.0. The summed E-state index contributed by atoms with van der Waals surface area (Å²) in [5.74, 6) is -1.22. The summed E-state index contributed by atoms with van der Waals surface area (Å²) >= 11 is 0. The van der Waals surface area contributed by atoms with E-state index < -0.39 is 33.5 Å². The van der Waals surface area contributed by atoms with E-state index in [0.717, 1.165) is 48.5 Å². The van der Waals surface area contributed by atoms with Crippen LogP contribution in [0.15, 0.2) is 53.4 Å². The van der Waals surface area contributed by atoms with Crippen molar-refractivity contribution in [2.45, 2.75) is 11.1 Å². The van der Waals surface area contributed by atoms with Crippen LogP contribution in [-0.2, 0) is 16.2 Å². The first-order valence-corrected chi connectivity index (χ1v) is 8.78. The Morgan fingerprint density at radius 3 is 2.04 bits per heavy atom. The van der Waals surface area contributed by atoms with Gasteiger partial charge in [-0.05, 0) is 48.5 Å². The molecule has 0 spiro atoms. The molecular weight excluding hydrogens is 376 g/mol. The van der Waals surface area contributed by atoms with Crippen molar-refractivity contribution in [1.29, 1.82) is 0 Å². The summed E-state index contributed by atoms with van der Waals surface area (Å²) in [5.41, 5.74) is -0.861. The van der Waals surface area contributed by atoms with Gasteiger partial charge in [0.2, 0.25) is 10.0 Å². The van der Waals surface area contributed by atoms with Gasteiger partial charge in [-0.2, -0.15) is 13.2 Å². The lowest BCUT2D eigenvalue weighted by atomic mass is 10.1. The second-order valence-electron chi connectivity index (χ2n) is 5.18. The monoisotopic (exact) mass is 390 g/mol. The molecule has 10 heteroatoms. The average molecular weight is 390 g/mol. The summed E-state index contributed by atoms with van der Waals surface area (Å²) < 4.78 is 76.3. The number of hydrogen-bond acceptors (Lipinski definition) is 3. The Bertz CT molecular complexity index is 864. The van der Waals surface area contributed by atoms with Crippen LogP contribution in [0.25, 0.3) is 0 Å². The molecule has 26 heavy (non-hydrogen) atoms. The van der Waals surface area contributed by atoms with Gasteiger partial charge in [-0.25, -0.2) is 17.5 Å². The van der Waals surface area contributed by atoms with Crippen molar-refractivity contribution in [2.24, 2.45) is 0 Å². The number of amides is 1. The van der Waals surface area contributed by atoms with Gasteiger partial charge in [-0.3, -0.25) is 4.79 Å². The zero-order valence-electron chi connectivity index (χ0n) is 13.2. The lowest BCUT2D eigenvalue weighted by Gasteiger charge is -2.09. The van der Waals surface area contributed by atoms with Crippen LogP contribution in [0.5, 0.6) is 0 Å². The Labute approximate surface area is 147 Å². The summed E-state index contributed by atoms with van der Waals surface area (Å²) in [6.45, 7) is -0.230. The fourth-order valence-electron chi connectivity index (χ4n) is 1.97. The maximum absolute atomic E-state index is 12.8. The van der Waals surface area contributed by atoms with E-state index in [1.54, 1.807) is 0 Å². The van der Waals surface area contributed by atoms with Gasteiger partial charge in [-0.1, -0.05) is 0 Å². The quantitative estimate of drug-likeness (QED) is 0.588. The molecule has 0 bridgehead atoms. The number of nitrogens with one attached hydrogen (secondary N) is 2. The Hall–Kier alpha value is -2.46. The van der Waals surface area contributed by atoms with E-state index in [0.29, 0.717) is 0 Å². The van der Waals surface area contributed by atoms with Gasteiger partial charge in [0.05, 0.1) is 10.5 Å². The van der Waals surface area contributed by atoms with Crippen molar-refractivity contribution < 1.29 is 30.8 Å². The summed E-state index contributed by atoms with van der Waals surface area (Å²) in [5, 5.41) is 2.38. The lowest BCUT2D eigenvalue weighted by Crippen LogP contribution is -2.34. The van der Waals surface area contributed by atoms with E-state index >= 15 is 0 Å². The van der Waals surface area contributed by atoms with Crippen molar-refractivity contribution >= 4 is 15.9 Å². The fourth-order valence-corrected chi connectivity index (χ4v) is 3.00. The predicted molar refractivity (Wildman–Crippen MR) is 85.4 cm³/mol. The number of carbonyl (C=O) groups is 1. The summed E-state index contributed by atoms with van der Waals surface area (Å²) in [6.07, 6.45) is -4.49. The van der Waals surface area contributed by atoms with Crippen LogP contribution in [-0.4, -0.2) is 27.4 Å². The lowest BCUT2D eigenvalue weighted by molar-refractivity contribution is -0.137. The molecule has 0 unspecified atom stereocenters. The second kappa shape index (κ2) is 7.83. The van der Waals surface area contributed by atoms with Crippen molar-refractivity contribution in [1.82, 2.24) is 10.0 Å². The Balaban J connectivity index is 1.85. The molecule has 0 aliphatic carbocycles. The van der Waals surface area contributed by atoms with Crippen LogP contribution in [0.4, 0.5) is 17.6 Å². The molecular formula is C16H14F4N2O3S. The standard InChI is InChI=1S/C16H14F4N2O3S/c17-13-5-7-14(8-6-13)26(24,25)22-10-9-21-15(23)11-1-3-12(4-2-11)16(18,19)20/h1-8,22H,9-10H2,(H,21,23). The van der Waals surface area contributed by atoms with Gasteiger partial charge in [0.1, 0.15) is 5.82 Å². The first-order chi connectivity index (χ1) is 12.1. The molecule has 0 aromatic heterocycles. The molecule has 2 rings (SSSR count). The van der Waals surface area contributed by atoms with E-state index in [2.05, 4.69) is 10.0 Å². The van der Waals surface area contributed by atoms with Crippen LogP contribution >= 0.6 is 0 Å². The number of benzene rings is 2. The SMILES string of the molecule is O=C(NCCNS(=O)(=O)c1ccc(F)cc1)c1ccc(C(F)(F)F)cc1. The molecule has 0 aliphatic rings. The highest BCUT2D eigenvalue weighted by Gasteiger charge is 2.30. The second-order valence-corrected chi connectivity index (χ2v) is 6.95. The molecule has 0 fully saturated rings. The van der Waals surface area contributed by atoms with E-state index in [1.165, 1.54) is 0 Å². The Morgan fingerprint density at radius 2 is 1.50 bits per heavy atom.